The summed E-state index contributed by atoms with van der Waals surface area (Å²) in [6, 6.07) is 2.13. The lowest BCUT2D eigenvalue weighted by molar-refractivity contribution is 0.0599. The molecule has 1 saturated heterocycles. The molecule has 1 aliphatic rings. The van der Waals surface area contributed by atoms with Gasteiger partial charge in [0.2, 0.25) is 0 Å². The predicted molar refractivity (Wildman–Crippen MR) is 77.0 cm³/mol. The van der Waals surface area contributed by atoms with E-state index in [-0.39, 0.29) is 5.91 Å². The van der Waals surface area contributed by atoms with Crippen molar-refractivity contribution in [2.45, 2.75) is 52.0 Å². The van der Waals surface area contributed by atoms with Gasteiger partial charge in [-0.05, 0) is 38.7 Å². The van der Waals surface area contributed by atoms with Gasteiger partial charge in [0.25, 0.3) is 5.91 Å². The van der Waals surface area contributed by atoms with E-state index >= 15 is 0 Å². The molecule has 0 aliphatic carbocycles. The highest BCUT2D eigenvalue weighted by Gasteiger charge is 2.27. The van der Waals surface area contributed by atoms with Crippen LogP contribution in [0.5, 0.6) is 0 Å². The smallest absolute Gasteiger partial charge is 0.256 e. The fourth-order valence-corrected chi connectivity index (χ4v) is 2.82. The van der Waals surface area contributed by atoms with E-state index in [4.69, 9.17) is 5.73 Å². The number of carbonyl (C=O) groups is 1. The molecule has 0 radical (unpaired) electrons. The minimum Gasteiger partial charge on any atom is -0.397 e. The SMILES string of the molecule is CCCC1CCCCN1C(=O)c1cc(N)cnc1C. The fraction of sp³-hybridized carbons (Fsp3) is 0.600. The summed E-state index contributed by atoms with van der Waals surface area (Å²) in [6.45, 7) is 4.90. The first-order valence-electron chi connectivity index (χ1n) is 7.16. The van der Waals surface area contributed by atoms with E-state index in [1.54, 1.807) is 12.3 Å². The maximum absolute atomic E-state index is 12.7. The van der Waals surface area contributed by atoms with Crippen LogP contribution in [0.3, 0.4) is 0 Å². The first-order chi connectivity index (χ1) is 9.13. The molecule has 1 aromatic rings. The maximum Gasteiger partial charge on any atom is 0.256 e. The Labute approximate surface area is 115 Å². The minimum absolute atomic E-state index is 0.0930. The van der Waals surface area contributed by atoms with E-state index in [0.29, 0.717) is 17.3 Å². The number of pyridine rings is 1. The molecule has 2 heterocycles. The third-order valence-corrected chi connectivity index (χ3v) is 3.85. The number of rotatable bonds is 3. The van der Waals surface area contributed by atoms with Crippen molar-refractivity contribution >= 4 is 11.6 Å². The molecule has 1 amide bonds. The fourth-order valence-electron chi connectivity index (χ4n) is 2.82. The van der Waals surface area contributed by atoms with Gasteiger partial charge in [-0.2, -0.15) is 0 Å². The Kier molecular flexibility index (Phi) is 4.40. The summed E-state index contributed by atoms with van der Waals surface area (Å²) in [5.74, 6) is 0.0930. The number of nitrogen functional groups attached to an aromatic ring is 1. The van der Waals surface area contributed by atoms with Crippen LogP contribution < -0.4 is 5.73 Å². The molecular formula is C15H23N3O. The molecule has 1 aromatic heterocycles. The Morgan fingerprint density at radius 2 is 2.32 bits per heavy atom. The molecule has 1 unspecified atom stereocenters. The van der Waals surface area contributed by atoms with Gasteiger partial charge in [-0.1, -0.05) is 13.3 Å². The average Bonchev–Trinajstić information content (AvgIpc) is 2.42. The highest BCUT2D eigenvalue weighted by Crippen LogP contribution is 2.24. The third-order valence-electron chi connectivity index (χ3n) is 3.85. The van der Waals surface area contributed by atoms with Crippen molar-refractivity contribution in [3.63, 3.8) is 0 Å². The van der Waals surface area contributed by atoms with Crippen molar-refractivity contribution in [2.24, 2.45) is 0 Å². The molecule has 2 rings (SSSR count). The Bertz CT molecular complexity index is 457. The lowest BCUT2D eigenvalue weighted by Gasteiger charge is -2.36. The van der Waals surface area contributed by atoms with Crippen LogP contribution >= 0.6 is 0 Å². The predicted octanol–water partition coefficient (Wildman–Crippen LogP) is 2.77. The second-order valence-corrected chi connectivity index (χ2v) is 5.34. The molecule has 0 saturated carbocycles. The van der Waals surface area contributed by atoms with E-state index in [9.17, 15) is 4.79 Å². The Morgan fingerprint density at radius 1 is 1.53 bits per heavy atom. The van der Waals surface area contributed by atoms with E-state index in [1.165, 1.54) is 6.42 Å². The summed E-state index contributed by atoms with van der Waals surface area (Å²) in [4.78, 5) is 18.9. The van der Waals surface area contributed by atoms with Crippen LogP contribution in [0.2, 0.25) is 0 Å². The Balaban J connectivity index is 2.23. The quantitative estimate of drug-likeness (QED) is 0.910. The largest absolute Gasteiger partial charge is 0.397 e. The number of aromatic nitrogens is 1. The average molecular weight is 261 g/mol. The van der Waals surface area contributed by atoms with Crippen LogP contribution in [0.4, 0.5) is 5.69 Å². The van der Waals surface area contributed by atoms with Crippen molar-refractivity contribution in [1.29, 1.82) is 0 Å². The number of amides is 1. The minimum atomic E-state index is 0.0930. The zero-order chi connectivity index (χ0) is 13.8. The topological polar surface area (TPSA) is 59.2 Å². The molecule has 4 nitrogen and oxygen atoms in total. The zero-order valence-corrected chi connectivity index (χ0v) is 11.9. The Hall–Kier alpha value is -1.58. The van der Waals surface area contributed by atoms with E-state index in [1.807, 2.05) is 11.8 Å². The molecule has 1 fully saturated rings. The van der Waals surface area contributed by atoms with Gasteiger partial charge in [-0.15, -0.1) is 0 Å². The summed E-state index contributed by atoms with van der Waals surface area (Å²) in [7, 11) is 0. The van der Waals surface area contributed by atoms with E-state index < -0.39 is 0 Å². The van der Waals surface area contributed by atoms with Gasteiger partial charge in [0.15, 0.2) is 0 Å². The normalized spacial score (nSPS) is 19.5. The molecule has 2 N–H and O–H groups in total. The van der Waals surface area contributed by atoms with E-state index in [0.717, 1.165) is 37.9 Å². The monoisotopic (exact) mass is 261 g/mol. The van der Waals surface area contributed by atoms with Gasteiger partial charge < -0.3 is 10.6 Å². The number of nitrogens with zero attached hydrogens (tertiary/aromatic N) is 2. The zero-order valence-electron chi connectivity index (χ0n) is 11.9. The number of carbonyl (C=O) groups excluding carboxylic acids is 1. The van der Waals surface area contributed by atoms with Gasteiger partial charge in [0, 0.05) is 12.6 Å². The van der Waals surface area contributed by atoms with Crippen molar-refractivity contribution in [3.05, 3.63) is 23.5 Å². The van der Waals surface area contributed by atoms with Crippen LogP contribution in [-0.4, -0.2) is 28.4 Å². The molecule has 19 heavy (non-hydrogen) atoms. The second-order valence-electron chi connectivity index (χ2n) is 5.34. The highest BCUT2D eigenvalue weighted by atomic mass is 16.2. The Morgan fingerprint density at radius 3 is 3.05 bits per heavy atom. The van der Waals surface area contributed by atoms with Crippen molar-refractivity contribution in [3.8, 4) is 0 Å². The molecule has 4 heteroatoms. The van der Waals surface area contributed by atoms with Crippen molar-refractivity contribution < 1.29 is 4.79 Å². The molecule has 0 aromatic carbocycles. The molecule has 1 aliphatic heterocycles. The number of nitrogens with two attached hydrogens (primary N) is 1. The van der Waals surface area contributed by atoms with Gasteiger partial charge in [0.1, 0.15) is 0 Å². The number of piperidine rings is 1. The summed E-state index contributed by atoms with van der Waals surface area (Å²) >= 11 is 0. The third kappa shape index (κ3) is 3.06. The molecule has 0 spiro atoms. The van der Waals surface area contributed by atoms with Crippen LogP contribution in [0.15, 0.2) is 12.3 Å². The summed E-state index contributed by atoms with van der Waals surface area (Å²) < 4.78 is 0. The maximum atomic E-state index is 12.7. The first-order valence-corrected chi connectivity index (χ1v) is 7.16. The van der Waals surface area contributed by atoms with Gasteiger partial charge in [-0.25, -0.2) is 0 Å². The lowest BCUT2D eigenvalue weighted by Crippen LogP contribution is -2.44. The molecular weight excluding hydrogens is 238 g/mol. The summed E-state index contributed by atoms with van der Waals surface area (Å²) in [6.07, 6.45) is 7.24. The van der Waals surface area contributed by atoms with Gasteiger partial charge >= 0.3 is 0 Å². The standard InChI is InChI=1S/C15H23N3O/c1-3-6-13-7-4-5-8-18(13)15(19)14-9-12(16)10-17-11(14)2/h9-10,13H,3-8,16H2,1-2H3. The second kappa shape index (κ2) is 6.04. The summed E-state index contributed by atoms with van der Waals surface area (Å²) in [5.41, 5.74) is 7.73. The van der Waals surface area contributed by atoms with Crippen molar-refractivity contribution in [1.82, 2.24) is 9.88 Å². The van der Waals surface area contributed by atoms with E-state index in [2.05, 4.69) is 11.9 Å². The lowest BCUT2D eigenvalue weighted by atomic mass is 9.97. The van der Waals surface area contributed by atoms with Crippen molar-refractivity contribution in [2.75, 3.05) is 12.3 Å². The number of hydrogen-bond donors (Lipinski definition) is 1. The number of likely N-dealkylation sites (tertiary alicyclic amines) is 1. The van der Waals surface area contributed by atoms with Gasteiger partial charge in [-0.3, -0.25) is 9.78 Å². The van der Waals surface area contributed by atoms with Crippen LogP contribution in [0.1, 0.15) is 55.1 Å². The van der Waals surface area contributed by atoms with Crippen LogP contribution in [-0.2, 0) is 0 Å². The summed E-state index contributed by atoms with van der Waals surface area (Å²) in [5, 5.41) is 0. The number of aryl methyl sites for hydroxylation is 1. The van der Waals surface area contributed by atoms with Crippen LogP contribution in [0.25, 0.3) is 0 Å². The van der Waals surface area contributed by atoms with Crippen LogP contribution in [0, 0.1) is 6.92 Å². The number of hydrogen-bond acceptors (Lipinski definition) is 3. The highest BCUT2D eigenvalue weighted by molar-refractivity contribution is 5.96. The first kappa shape index (κ1) is 13.8. The molecule has 0 bridgehead atoms. The van der Waals surface area contributed by atoms with Gasteiger partial charge in [0.05, 0.1) is 23.1 Å². The molecule has 104 valence electrons. The molecule has 1 atom stereocenters. The number of anilines is 1.